The number of carbonyl (C=O) groups excluding carboxylic acids is 1. The average molecular weight is 346 g/mol. The van der Waals surface area contributed by atoms with Gasteiger partial charge in [-0.3, -0.25) is 4.79 Å². The summed E-state index contributed by atoms with van der Waals surface area (Å²) in [5.41, 5.74) is 5.15. The topological polar surface area (TPSA) is 47.6 Å². The Morgan fingerprint density at radius 2 is 1.64 bits per heavy atom. The van der Waals surface area contributed by atoms with Crippen molar-refractivity contribution in [2.75, 3.05) is 15.3 Å². The molecule has 0 unspecified atom stereocenters. The number of hydrogen-bond acceptors (Lipinski definition) is 4. The molecule has 4 rings (SSSR count). The van der Waals surface area contributed by atoms with Crippen LogP contribution in [0.15, 0.2) is 59.9 Å². The fraction of sp³-hybridized carbons (Fsp3) is 0.118. The number of amides is 1. The fourth-order valence-electron chi connectivity index (χ4n) is 2.91. The van der Waals surface area contributed by atoms with Crippen molar-refractivity contribution in [1.29, 1.82) is 0 Å². The molecule has 128 valence electrons. The molecular formula is C17H13F3N4O. The van der Waals surface area contributed by atoms with Crippen molar-refractivity contribution in [3.05, 3.63) is 65.5 Å². The van der Waals surface area contributed by atoms with Crippen LogP contribution in [0.3, 0.4) is 0 Å². The van der Waals surface area contributed by atoms with E-state index in [2.05, 4.69) is 10.9 Å². The zero-order valence-electron chi connectivity index (χ0n) is 13.1. The van der Waals surface area contributed by atoms with Gasteiger partial charge in [0.2, 0.25) is 0 Å². The lowest BCUT2D eigenvalue weighted by molar-refractivity contribution is -0.137. The predicted octanol–water partition coefficient (Wildman–Crippen LogP) is 3.64. The minimum atomic E-state index is -4.42. The van der Waals surface area contributed by atoms with E-state index >= 15 is 0 Å². The molecule has 5 nitrogen and oxygen atoms in total. The molecule has 2 aliphatic rings. The number of alkyl halides is 3. The van der Waals surface area contributed by atoms with Crippen LogP contribution >= 0.6 is 0 Å². The van der Waals surface area contributed by atoms with Crippen LogP contribution < -0.4 is 20.9 Å². The number of halogens is 3. The van der Waals surface area contributed by atoms with Crippen LogP contribution in [0.1, 0.15) is 12.5 Å². The van der Waals surface area contributed by atoms with E-state index in [0.29, 0.717) is 17.1 Å². The monoisotopic (exact) mass is 346 g/mol. The summed E-state index contributed by atoms with van der Waals surface area (Å²) >= 11 is 0. The molecule has 0 bridgehead atoms. The first-order valence-corrected chi connectivity index (χ1v) is 7.51. The number of hydrogen-bond donors (Lipinski definition) is 2. The number of nitrogens with zero attached hydrogens (tertiary/aromatic N) is 2. The van der Waals surface area contributed by atoms with Gasteiger partial charge in [0.1, 0.15) is 5.70 Å². The van der Waals surface area contributed by atoms with Gasteiger partial charge in [-0.15, -0.1) is 5.53 Å². The van der Waals surface area contributed by atoms with Crippen molar-refractivity contribution in [2.24, 2.45) is 0 Å². The summed E-state index contributed by atoms with van der Waals surface area (Å²) in [5, 5.41) is 6.02. The highest BCUT2D eigenvalue weighted by Gasteiger charge is 2.40. The van der Waals surface area contributed by atoms with Crippen molar-refractivity contribution >= 4 is 23.0 Å². The van der Waals surface area contributed by atoms with E-state index in [-0.39, 0.29) is 5.91 Å². The minimum Gasteiger partial charge on any atom is -0.355 e. The molecule has 0 aliphatic carbocycles. The fourth-order valence-corrected chi connectivity index (χ4v) is 2.91. The molecule has 0 spiro atoms. The standard InChI is InChI=1S/C17H13F3N4O/c1-10-15-16(25)23(12-8-6-11(7-9-12)17(18,19)20)22-24(15)14-5-3-2-4-13(14)21-10/h2-9,21-22H,1H3. The Balaban J connectivity index is 1.71. The van der Waals surface area contributed by atoms with Gasteiger partial charge < -0.3 is 5.32 Å². The minimum absolute atomic E-state index is 0.324. The second kappa shape index (κ2) is 5.25. The van der Waals surface area contributed by atoms with Gasteiger partial charge in [-0.2, -0.15) is 13.2 Å². The van der Waals surface area contributed by atoms with Crippen molar-refractivity contribution < 1.29 is 18.0 Å². The second-order valence-electron chi connectivity index (χ2n) is 5.74. The first kappa shape index (κ1) is 15.5. The number of nitrogens with one attached hydrogen (secondary N) is 2. The molecule has 1 saturated heterocycles. The zero-order valence-corrected chi connectivity index (χ0v) is 13.1. The molecule has 2 aromatic carbocycles. The van der Waals surface area contributed by atoms with Crippen LogP contribution in [-0.2, 0) is 11.0 Å². The Morgan fingerprint density at radius 3 is 2.32 bits per heavy atom. The van der Waals surface area contributed by atoms with Crippen LogP contribution in [0.5, 0.6) is 0 Å². The Labute approximate surface area is 141 Å². The molecule has 8 heteroatoms. The zero-order chi connectivity index (χ0) is 17.8. The summed E-state index contributed by atoms with van der Waals surface area (Å²) in [6.07, 6.45) is -4.42. The molecule has 2 N–H and O–H groups in total. The summed E-state index contributed by atoms with van der Waals surface area (Å²) < 4.78 is 38.1. The van der Waals surface area contributed by atoms with E-state index < -0.39 is 11.7 Å². The van der Waals surface area contributed by atoms with Gasteiger partial charge in [0.25, 0.3) is 5.91 Å². The maximum atomic E-state index is 12.7. The predicted molar refractivity (Wildman–Crippen MR) is 87.3 cm³/mol. The Bertz CT molecular complexity index is 890. The van der Waals surface area contributed by atoms with Crippen LogP contribution in [0, 0.1) is 0 Å². The van der Waals surface area contributed by atoms with E-state index in [1.54, 1.807) is 11.9 Å². The number of allylic oxidation sites excluding steroid dienone is 1. The number of fused-ring (bicyclic) bond motifs is 3. The van der Waals surface area contributed by atoms with Crippen LogP contribution in [0.25, 0.3) is 0 Å². The van der Waals surface area contributed by atoms with Gasteiger partial charge >= 0.3 is 6.18 Å². The van der Waals surface area contributed by atoms with E-state index in [0.717, 1.165) is 23.5 Å². The highest BCUT2D eigenvalue weighted by molar-refractivity contribution is 6.12. The molecular weight excluding hydrogens is 333 g/mol. The van der Waals surface area contributed by atoms with Crippen molar-refractivity contribution in [1.82, 2.24) is 5.53 Å². The first-order chi connectivity index (χ1) is 11.9. The van der Waals surface area contributed by atoms with E-state index in [1.165, 1.54) is 17.1 Å². The molecule has 0 radical (unpaired) electrons. The number of para-hydroxylation sites is 2. The highest BCUT2D eigenvalue weighted by atomic mass is 19.4. The molecule has 2 aromatic rings. The molecule has 25 heavy (non-hydrogen) atoms. The lowest BCUT2D eigenvalue weighted by Gasteiger charge is -2.28. The van der Waals surface area contributed by atoms with Gasteiger partial charge in [0, 0.05) is 5.70 Å². The Morgan fingerprint density at radius 1 is 0.960 bits per heavy atom. The third-order valence-electron chi connectivity index (χ3n) is 4.10. The van der Waals surface area contributed by atoms with Crippen LogP contribution in [0.4, 0.5) is 30.2 Å². The number of carbonyl (C=O) groups is 1. The lowest BCUT2D eigenvalue weighted by atomic mass is 10.1. The van der Waals surface area contributed by atoms with Gasteiger partial charge in [0.05, 0.1) is 22.6 Å². The number of rotatable bonds is 1. The van der Waals surface area contributed by atoms with Gasteiger partial charge in [-0.25, -0.2) is 10.0 Å². The summed E-state index contributed by atoms with van der Waals surface area (Å²) in [6.45, 7) is 1.77. The summed E-state index contributed by atoms with van der Waals surface area (Å²) in [6, 6.07) is 11.9. The third kappa shape index (κ3) is 2.42. The van der Waals surface area contributed by atoms with Crippen LogP contribution in [0.2, 0.25) is 0 Å². The molecule has 0 aromatic heterocycles. The van der Waals surface area contributed by atoms with Gasteiger partial charge in [-0.05, 0) is 43.3 Å². The first-order valence-electron chi connectivity index (χ1n) is 7.51. The summed E-state index contributed by atoms with van der Waals surface area (Å²) in [7, 11) is 0. The molecule has 1 amide bonds. The largest absolute Gasteiger partial charge is 0.416 e. The Kier molecular flexibility index (Phi) is 3.26. The molecule has 1 fully saturated rings. The molecule has 2 heterocycles. The van der Waals surface area contributed by atoms with Gasteiger partial charge in [0.15, 0.2) is 0 Å². The van der Waals surface area contributed by atoms with Crippen molar-refractivity contribution in [3.63, 3.8) is 0 Å². The lowest BCUT2D eigenvalue weighted by Crippen LogP contribution is -2.41. The Hall–Kier alpha value is -3.00. The van der Waals surface area contributed by atoms with Crippen LogP contribution in [-0.4, -0.2) is 5.91 Å². The SMILES string of the molecule is CC1=C2C(=O)N(c3ccc(C(F)(F)F)cc3)NN2c2ccccc2N1. The van der Waals surface area contributed by atoms with E-state index in [1.807, 2.05) is 24.3 Å². The van der Waals surface area contributed by atoms with Gasteiger partial charge in [-0.1, -0.05) is 12.1 Å². The van der Waals surface area contributed by atoms with E-state index in [4.69, 9.17) is 0 Å². The molecule has 0 atom stereocenters. The number of benzene rings is 2. The summed E-state index contributed by atoms with van der Waals surface area (Å²) in [4.78, 5) is 12.7. The molecule has 0 saturated carbocycles. The number of anilines is 3. The smallest absolute Gasteiger partial charge is 0.355 e. The third-order valence-corrected chi connectivity index (χ3v) is 4.10. The quantitative estimate of drug-likeness (QED) is 0.828. The summed E-state index contributed by atoms with van der Waals surface area (Å²) in [5.74, 6) is -0.348. The maximum absolute atomic E-state index is 12.7. The number of hydrazine groups is 2. The average Bonchev–Trinajstić information content (AvgIpc) is 2.93. The van der Waals surface area contributed by atoms with Crippen molar-refractivity contribution in [3.8, 4) is 0 Å². The maximum Gasteiger partial charge on any atom is 0.416 e. The highest BCUT2D eigenvalue weighted by Crippen LogP contribution is 2.38. The van der Waals surface area contributed by atoms with E-state index in [9.17, 15) is 18.0 Å². The van der Waals surface area contributed by atoms with Crippen molar-refractivity contribution in [2.45, 2.75) is 13.1 Å². The second-order valence-corrected chi connectivity index (χ2v) is 5.74. The molecule has 2 aliphatic heterocycles. The normalized spacial score (nSPS) is 16.7.